The van der Waals surface area contributed by atoms with Crippen LogP contribution in [0.5, 0.6) is 0 Å². The zero-order valence-corrected chi connectivity index (χ0v) is 10.2. The molecule has 3 heteroatoms. The van der Waals surface area contributed by atoms with Gasteiger partial charge < -0.3 is 9.14 Å². The van der Waals surface area contributed by atoms with E-state index in [1.807, 2.05) is 6.92 Å². The number of aromatic nitrogens is 2. The molecule has 17 heavy (non-hydrogen) atoms. The van der Waals surface area contributed by atoms with Gasteiger partial charge in [0, 0.05) is 12.4 Å². The molecular weight excluding hydrogens is 212 g/mol. The van der Waals surface area contributed by atoms with E-state index in [2.05, 4.69) is 40.8 Å². The molecule has 0 aromatic carbocycles. The summed E-state index contributed by atoms with van der Waals surface area (Å²) in [4.78, 5) is 4.50. The fourth-order valence-electron chi connectivity index (χ4n) is 2.33. The fraction of sp³-hybridized carbons (Fsp3) is 0.357. The molecule has 1 aliphatic heterocycles. The Bertz CT molecular complexity index is 588. The molecule has 0 bridgehead atoms. The van der Waals surface area contributed by atoms with Gasteiger partial charge in [0.05, 0.1) is 18.9 Å². The van der Waals surface area contributed by atoms with Crippen molar-refractivity contribution in [2.45, 2.75) is 20.3 Å². The van der Waals surface area contributed by atoms with E-state index in [0.717, 1.165) is 31.0 Å². The lowest BCUT2D eigenvalue weighted by Crippen LogP contribution is -1.90. The highest BCUT2D eigenvalue weighted by molar-refractivity contribution is 5.59. The molecule has 1 fully saturated rings. The molecule has 2 aromatic rings. The van der Waals surface area contributed by atoms with Crippen LogP contribution >= 0.6 is 0 Å². The Hall–Kier alpha value is -1.61. The van der Waals surface area contributed by atoms with E-state index in [1.165, 1.54) is 16.7 Å². The van der Waals surface area contributed by atoms with Crippen LogP contribution in [0.1, 0.15) is 23.2 Å². The summed E-state index contributed by atoms with van der Waals surface area (Å²) in [5.74, 6) is 0. The molecule has 3 heterocycles. The summed E-state index contributed by atoms with van der Waals surface area (Å²) in [5.41, 5.74) is 5.93. The molecule has 0 atom stereocenters. The van der Waals surface area contributed by atoms with Gasteiger partial charge in [-0.3, -0.25) is 0 Å². The number of nitrogens with zero attached hydrogens (tertiary/aromatic N) is 2. The number of pyridine rings is 1. The van der Waals surface area contributed by atoms with Crippen LogP contribution in [0, 0.1) is 13.8 Å². The molecule has 2 aromatic heterocycles. The minimum atomic E-state index is 0.778. The molecule has 0 amide bonds. The van der Waals surface area contributed by atoms with Crippen LogP contribution in [0.25, 0.3) is 11.7 Å². The van der Waals surface area contributed by atoms with E-state index in [-0.39, 0.29) is 0 Å². The van der Waals surface area contributed by atoms with Crippen LogP contribution in [-0.2, 0) is 4.74 Å². The Labute approximate surface area is 101 Å². The van der Waals surface area contributed by atoms with Gasteiger partial charge in [-0.2, -0.15) is 0 Å². The summed E-state index contributed by atoms with van der Waals surface area (Å²) < 4.78 is 7.47. The average Bonchev–Trinajstić information content (AvgIpc) is 2.87. The summed E-state index contributed by atoms with van der Waals surface area (Å²) in [6.07, 6.45) is 7.48. The normalized spacial score (nSPS) is 18.4. The first-order chi connectivity index (χ1) is 8.22. The number of hydrogen-bond acceptors (Lipinski definition) is 2. The first-order valence-electron chi connectivity index (χ1n) is 5.95. The van der Waals surface area contributed by atoms with Crippen molar-refractivity contribution in [2.75, 3.05) is 13.2 Å². The number of ether oxygens (including phenoxy) is 1. The standard InChI is InChI=1S/C14H16N2O/c1-10-5-13(6-12-3-4-17-9-12)8-16-7-11(2)15-14(10)16/h5-8H,3-4,9H2,1-2H3/b12-6-. The number of aryl methyl sites for hydroxylation is 2. The van der Waals surface area contributed by atoms with Crippen molar-refractivity contribution in [3.63, 3.8) is 0 Å². The summed E-state index contributed by atoms with van der Waals surface area (Å²) in [5, 5.41) is 0. The highest BCUT2D eigenvalue weighted by atomic mass is 16.5. The largest absolute Gasteiger partial charge is 0.377 e. The predicted molar refractivity (Wildman–Crippen MR) is 68.1 cm³/mol. The molecule has 1 saturated heterocycles. The van der Waals surface area contributed by atoms with Gasteiger partial charge in [-0.25, -0.2) is 4.98 Å². The molecule has 0 aliphatic carbocycles. The molecule has 88 valence electrons. The Morgan fingerprint density at radius 3 is 3.00 bits per heavy atom. The van der Waals surface area contributed by atoms with E-state index < -0.39 is 0 Å². The van der Waals surface area contributed by atoms with Gasteiger partial charge in [0.25, 0.3) is 0 Å². The SMILES string of the molecule is Cc1cn2cc(/C=C3/CCOC3)cc(C)c2n1. The monoisotopic (exact) mass is 228 g/mol. The van der Waals surface area contributed by atoms with Crippen LogP contribution < -0.4 is 0 Å². The van der Waals surface area contributed by atoms with Gasteiger partial charge >= 0.3 is 0 Å². The quantitative estimate of drug-likeness (QED) is 0.750. The lowest BCUT2D eigenvalue weighted by Gasteiger charge is -2.02. The van der Waals surface area contributed by atoms with Crippen molar-refractivity contribution in [3.05, 3.63) is 40.9 Å². The maximum Gasteiger partial charge on any atom is 0.139 e. The minimum absolute atomic E-state index is 0.778. The molecule has 0 spiro atoms. The molecule has 3 nitrogen and oxygen atoms in total. The summed E-state index contributed by atoms with van der Waals surface area (Å²) in [6.45, 7) is 5.77. The Kier molecular flexibility index (Phi) is 2.48. The van der Waals surface area contributed by atoms with E-state index in [4.69, 9.17) is 4.74 Å². The van der Waals surface area contributed by atoms with Crippen LogP contribution in [0.4, 0.5) is 0 Å². The smallest absolute Gasteiger partial charge is 0.139 e. The van der Waals surface area contributed by atoms with Crippen molar-refractivity contribution < 1.29 is 4.74 Å². The van der Waals surface area contributed by atoms with Crippen molar-refractivity contribution in [1.82, 2.24) is 9.38 Å². The van der Waals surface area contributed by atoms with Crippen LogP contribution in [0.2, 0.25) is 0 Å². The maximum absolute atomic E-state index is 5.36. The summed E-state index contributed by atoms with van der Waals surface area (Å²) in [7, 11) is 0. The average molecular weight is 228 g/mol. The van der Waals surface area contributed by atoms with Gasteiger partial charge in [-0.15, -0.1) is 0 Å². The zero-order chi connectivity index (χ0) is 11.8. The number of fused-ring (bicyclic) bond motifs is 1. The van der Waals surface area contributed by atoms with E-state index >= 15 is 0 Å². The molecule has 0 N–H and O–H groups in total. The molecular formula is C14H16N2O. The van der Waals surface area contributed by atoms with E-state index in [0.29, 0.717) is 0 Å². The second kappa shape index (κ2) is 4.00. The molecule has 1 aliphatic rings. The Balaban J connectivity index is 2.08. The van der Waals surface area contributed by atoms with Gasteiger partial charge in [0.2, 0.25) is 0 Å². The summed E-state index contributed by atoms with van der Waals surface area (Å²) >= 11 is 0. The maximum atomic E-state index is 5.36. The van der Waals surface area contributed by atoms with Crippen LogP contribution in [-0.4, -0.2) is 22.6 Å². The predicted octanol–water partition coefficient (Wildman–Crippen LogP) is 2.75. The van der Waals surface area contributed by atoms with E-state index in [1.54, 1.807) is 0 Å². The van der Waals surface area contributed by atoms with Crippen molar-refractivity contribution in [2.24, 2.45) is 0 Å². The van der Waals surface area contributed by atoms with Crippen molar-refractivity contribution in [3.8, 4) is 0 Å². The Morgan fingerprint density at radius 2 is 2.24 bits per heavy atom. The summed E-state index contributed by atoms with van der Waals surface area (Å²) in [6, 6.07) is 2.19. The topological polar surface area (TPSA) is 26.5 Å². The van der Waals surface area contributed by atoms with Crippen LogP contribution in [0.3, 0.4) is 0 Å². The van der Waals surface area contributed by atoms with Gasteiger partial charge in [0.15, 0.2) is 0 Å². The molecule has 0 saturated carbocycles. The van der Waals surface area contributed by atoms with Crippen LogP contribution in [0.15, 0.2) is 24.0 Å². The second-order valence-corrected chi connectivity index (χ2v) is 4.67. The minimum Gasteiger partial charge on any atom is -0.377 e. The third kappa shape index (κ3) is 1.98. The van der Waals surface area contributed by atoms with E-state index in [9.17, 15) is 0 Å². The van der Waals surface area contributed by atoms with Gasteiger partial charge in [-0.1, -0.05) is 6.08 Å². The molecule has 0 unspecified atom stereocenters. The second-order valence-electron chi connectivity index (χ2n) is 4.67. The number of rotatable bonds is 1. The van der Waals surface area contributed by atoms with Gasteiger partial charge in [-0.05, 0) is 43.0 Å². The zero-order valence-electron chi connectivity index (χ0n) is 10.2. The lowest BCUT2D eigenvalue weighted by atomic mass is 10.1. The van der Waals surface area contributed by atoms with Crippen molar-refractivity contribution in [1.29, 1.82) is 0 Å². The Morgan fingerprint density at radius 1 is 1.35 bits per heavy atom. The third-order valence-electron chi connectivity index (χ3n) is 3.10. The first kappa shape index (κ1) is 10.5. The third-order valence-corrected chi connectivity index (χ3v) is 3.10. The highest BCUT2D eigenvalue weighted by Crippen LogP contribution is 2.18. The number of hydrogen-bond donors (Lipinski definition) is 0. The van der Waals surface area contributed by atoms with Gasteiger partial charge in [0.1, 0.15) is 5.65 Å². The fourth-order valence-corrected chi connectivity index (χ4v) is 2.33. The number of imidazole rings is 1. The molecule has 3 rings (SSSR count). The highest BCUT2D eigenvalue weighted by Gasteiger charge is 2.08. The lowest BCUT2D eigenvalue weighted by molar-refractivity contribution is 0.205. The molecule has 0 radical (unpaired) electrons. The van der Waals surface area contributed by atoms with Crippen molar-refractivity contribution >= 4 is 11.7 Å². The first-order valence-corrected chi connectivity index (χ1v) is 5.95.